The Bertz CT molecular complexity index is 1190. The number of ether oxygens (including phenoxy) is 2. The van der Waals surface area contributed by atoms with E-state index < -0.39 is 17.0 Å². The molecule has 5 aliphatic rings. The monoisotopic (exact) mass is 548 g/mol. The third-order valence-electron chi connectivity index (χ3n) is 11.7. The number of carbonyl (C=O) groups is 1. The van der Waals surface area contributed by atoms with Crippen molar-refractivity contribution in [2.24, 2.45) is 28.6 Å². The molecule has 1 spiro atoms. The van der Waals surface area contributed by atoms with E-state index in [1.54, 1.807) is 0 Å². The summed E-state index contributed by atoms with van der Waals surface area (Å²) < 4.78 is 12.8. The maximum atomic E-state index is 12.4. The van der Waals surface area contributed by atoms with Crippen molar-refractivity contribution in [2.45, 2.75) is 108 Å². The first-order chi connectivity index (χ1) is 18.9. The molecule has 1 saturated heterocycles. The lowest BCUT2D eigenvalue weighted by atomic mass is 9.49. The molecule has 0 bridgehead atoms. The highest BCUT2D eigenvalue weighted by Gasteiger charge is 2.64. The zero-order valence-electron chi connectivity index (χ0n) is 24.9. The summed E-state index contributed by atoms with van der Waals surface area (Å²) in [5.74, 6) is 0.348. The summed E-state index contributed by atoms with van der Waals surface area (Å²) >= 11 is 0. The number of allylic oxidation sites excluding steroid dienone is 2. The van der Waals surface area contributed by atoms with Gasteiger partial charge in [0.1, 0.15) is 6.29 Å². The van der Waals surface area contributed by atoms with Crippen molar-refractivity contribution >= 4 is 6.29 Å². The van der Waals surface area contributed by atoms with Gasteiger partial charge in [-0.15, -0.1) is 6.58 Å². The van der Waals surface area contributed by atoms with Gasteiger partial charge >= 0.3 is 0 Å². The summed E-state index contributed by atoms with van der Waals surface area (Å²) in [7, 11) is 0. The predicted molar refractivity (Wildman–Crippen MR) is 156 cm³/mol. The van der Waals surface area contributed by atoms with Crippen LogP contribution in [0, 0.1) is 28.6 Å². The van der Waals surface area contributed by atoms with Crippen LogP contribution < -0.4 is 0 Å². The lowest BCUT2D eigenvalue weighted by molar-refractivity contribution is -0.322. The van der Waals surface area contributed by atoms with Gasteiger partial charge in [-0.1, -0.05) is 63.6 Å². The minimum absolute atomic E-state index is 0.0146. The second-order valence-corrected chi connectivity index (χ2v) is 15.0. The molecule has 0 amide bonds. The Labute approximate surface area is 240 Å². The van der Waals surface area contributed by atoms with Gasteiger partial charge in [-0.2, -0.15) is 0 Å². The van der Waals surface area contributed by atoms with Gasteiger partial charge in [-0.3, -0.25) is 4.79 Å². The molecule has 1 aliphatic heterocycles. The van der Waals surface area contributed by atoms with Gasteiger partial charge in [0.05, 0.1) is 24.4 Å². The van der Waals surface area contributed by atoms with E-state index in [9.17, 15) is 15.0 Å². The Balaban J connectivity index is 1.42. The summed E-state index contributed by atoms with van der Waals surface area (Å²) in [6.07, 6.45) is 9.90. The Morgan fingerprint density at radius 1 is 1.05 bits per heavy atom. The van der Waals surface area contributed by atoms with Crippen LogP contribution in [0.5, 0.6) is 0 Å². The van der Waals surface area contributed by atoms with Crippen LogP contribution >= 0.6 is 0 Å². The number of hydrogen-bond acceptors (Lipinski definition) is 5. The summed E-state index contributed by atoms with van der Waals surface area (Å²) in [5, 5.41) is 24.6. The minimum Gasteiger partial charge on any atom is -0.389 e. The zero-order chi connectivity index (χ0) is 28.6. The second kappa shape index (κ2) is 9.62. The molecule has 6 rings (SSSR count). The maximum absolute atomic E-state index is 12.4. The molecule has 40 heavy (non-hydrogen) atoms. The molecule has 5 heteroatoms. The first kappa shape index (κ1) is 28.3. The number of carbonyl (C=O) groups excluding carboxylic acids is 1. The molecule has 1 aromatic rings. The van der Waals surface area contributed by atoms with Crippen molar-refractivity contribution in [3.05, 3.63) is 59.2 Å². The van der Waals surface area contributed by atoms with Crippen molar-refractivity contribution < 1.29 is 24.5 Å². The Hall–Kier alpha value is -1.79. The van der Waals surface area contributed by atoms with Gasteiger partial charge in [0, 0.05) is 35.2 Å². The third kappa shape index (κ3) is 4.38. The summed E-state index contributed by atoms with van der Waals surface area (Å²) in [6, 6.07) is 8.01. The third-order valence-corrected chi connectivity index (χ3v) is 11.7. The van der Waals surface area contributed by atoms with E-state index in [1.807, 2.05) is 18.2 Å². The molecular formula is C35H48O5. The van der Waals surface area contributed by atoms with Crippen LogP contribution in [-0.4, -0.2) is 46.7 Å². The van der Waals surface area contributed by atoms with Crippen LogP contribution in [0.4, 0.5) is 0 Å². The van der Waals surface area contributed by atoms with Crippen LogP contribution in [0.25, 0.3) is 0 Å². The van der Waals surface area contributed by atoms with E-state index in [0.29, 0.717) is 43.5 Å². The Morgan fingerprint density at radius 2 is 1.75 bits per heavy atom. The van der Waals surface area contributed by atoms with Crippen LogP contribution in [0.1, 0.15) is 107 Å². The van der Waals surface area contributed by atoms with E-state index in [-0.39, 0.29) is 22.7 Å². The van der Waals surface area contributed by atoms with E-state index in [2.05, 4.69) is 46.4 Å². The van der Waals surface area contributed by atoms with Crippen molar-refractivity contribution in [3.63, 3.8) is 0 Å². The number of aliphatic hydroxyl groups is 2. The molecule has 3 saturated carbocycles. The molecule has 1 aromatic carbocycles. The molecule has 2 N–H and O–H groups in total. The lowest BCUT2D eigenvalue weighted by Gasteiger charge is -2.59. The molecule has 218 valence electrons. The Morgan fingerprint density at radius 3 is 2.40 bits per heavy atom. The largest absolute Gasteiger partial charge is 0.389 e. The Kier molecular flexibility index (Phi) is 6.82. The topological polar surface area (TPSA) is 76.0 Å². The molecule has 0 aromatic heterocycles. The van der Waals surface area contributed by atoms with Gasteiger partial charge in [-0.25, -0.2) is 0 Å². The van der Waals surface area contributed by atoms with Gasteiger partial charge in [0.25, 0.3) is 0 Å². The van der Waals surface area contributed by atoms with E-state index in [0.717, 1.165) is 51.2 Å². The predicted octanol–water partition coefficient (Wildman–Crippen LogP) is 6.74. The van der Waals surface area contributed by atoms with Gasteiger partial charge in [-0.05, 0) is 73.8 Å². The van der Waals surface area contributed by atoms with E-state index in [1.165, 1.54) is 16.7 Å². The maximum Gasteiger partial charge on any atom is 0.171 e. The smallest absolute Gasteiger partial charge is 0.171 e. The first-order valence-electron chi connectivity index (χ1n) is 15.5. The lowest BCUT2D eigenvalue weighted by Crippen LogP contribution is -2.58. The van der Waals surface area contributed by atoms with Crippen LogP contribution in [0.15, 0.2) is 48.1 Å². The van der Waals surface area contributed by atoms with Crippen molar-refractivity contribution in [3.8, 4) is 0 Å². The van der Waals surface area contributed by atoms with Gasteiger partial charge in [0.15, 0.2) is 5.79 Å². The van der Waals surface area contributed by atoms with Crippen LogP contribution in [-0.2, 0) is 9.47 Å². The fraction of sp³-hybridized carbons (Fsp3) is 0.686. The number of aldehydes is 1. The van der Waals surface area contributed by atoms with E-state index in [4.69, 9.17) is 9.47 Å². The first-order valence-corrected chi connectivity index (χ1v) is 15.5. The molecule has 1 heterocycles. The summed E-state index contributed by atoms with van der Waals surface area (Å²) in [5.41, 5.74) is 2.52. The molecule has 0 radical (unpaired) electrons. The fourth-order valence-corrected chi connectivity index (χ4v) is 9.40. The summed E-state index contributed by atoms with van der Waals surface area (Å²) in [4.78, 5) is 11.4. The molecular weight excluding hydrogens is 500 g/mol. The minimum atomic E-state index is -0.938. The molecule has 7 unspecified atom stereocenters. The van der Waals surface area contributed by atoms with Gasteiger partial charge < -0.3 is 19.7 Å². The van der Waals surface area contributed by atoms with E-state index >= 15 is 0 Å². The number of rotatable bonds is 5. The van der Waals surface area contributed by atoms with Gasteiger partial charge in [0.2, 0.25) is 0 Å². The number of benzene rings is 1. The highest BCUT2D eigenvalue weighted by Crippen LogP contribution is 2.68. The average Bonchev–Trinajstić information content (AvgIpc) is 3.19. The molecule has 4 fully saturated rings. The molecule has 5 nitrogen and oxygen atoms in total. The number of hydrogen-bond donors (Lipinski definition) is 2. The quantitative estimate of drug-likeness (QED) is 0.315. The standard InChI is InChI=1S/C35H48O5/c1-6-23(2)17-34(38)15-12-28-26-11-14-33(37)20-35(39-21-31(3,4)22-40-35)16-13-29(33)30(26)27(18-32(28,34)5)25-9-7-24(19-36)8-10-25/h6-10,19,23,26-28,37-38H,1,11-18,20-22H2,2-5H3. The zero-order valence-corrected chi connectivity index (χ0v) is 24.9. The highest BCUT2D eigenvalue weighted by atomic mass is 16.7. The normalized spacial score (nSPS) is 40.6. The summed E-state index contributed by atoms with van der Waals surface area (Å²) in [6.45, 7) is 14.1. The fourth-order valence-electron chi connectivity index (χ4n) is 9.40. The van der Waals surface area contributed by atoms with Crippen molar-refractivity contribution in [1.82, 2.24) is 0 Å². The SMILES string of the molecule is C=CC(C)CC1(O)CCC2C3CCC4(O)CC5(CCC4=C3C(c3ccc(C=O)cc3)CC21C)OCC(C)(C)CO5. The van der Waals surface area contributed by atoms with Crippen molar-refractivity contribution in [2.75, 3.05) is 13.2 Å². The highest BCUT2D eigenvalue weighted by molar-refractivity contribution is 5.74. The van der Waals surface area contributed by atoms with Crippen LogP contribution in [0.3, 0.4) is 0 Å². The second-order valence-electron chi connectivity index (χ2n) is 15.0. The molecule has 4 aliphatic carbocycles. The number of fused-ring (bicyclic) bond motifs is 4. The molecule has 7 atom stereocenters. The van der Waals surface area contributed by atoms with Crippen LogP contribution in [0.2, 0.25) is 0 Å². The van der Waals surface area contributed by atoms with Crippen molar-refractivity contribution in [1.29, 1.82) is 0 Å². The average molecular weight is 549 g/mol.